The van der Waals surface area contributed by atoms with Gasteiger partial charge in [-0.1, -0.05) is 45.0 Å². The molecule has 1 atom stereocenters. The van der Waals surface area contributed by atoms with E-state index in [2.05, 4.69) is 48.1 Å². The highest BCUT2D eigenvalue weighted by Crippen LogP contribution is 2.24. The van der Waals surface area contributed by atoms with E-state index >= 15 is 0 Å². The summed E-state index contributed by atoms with van der Waals surface area (Å²) in [6, 6.07) is 8.19. The summed E-state index contributed by atoms with van der Waals surface area (Å²) in [7, 11) is -1.19. The van der Waals surface area contributed by atoms with E-state index in [4.69, 9.17) is 0 Å². The van der Waals surface area contributed by atoms with E-state index in [1.165, 1.54) is 11.8 Å². The lowest BCUT2D eigenvalue weighted by Gasteiger charge is -2.18. The predicted molar refractivity (Wildman–Crippen MR) is 76.3 cm³/mol. The summed E-state index contributed by atoms with van der Waals surface area (Å²) >= 11 is 0. The van der Waals surface area contributed by atoms with E-state index in [9.17, 15) is 4.21 Å². The molecule has 0 spiro atoms. The van der Waals surface area contributed by atoms with Crippen LogP contribution in [0.3, 0.4) is 0 Å². The predicted octanol–water partition coefficient (Wildman–Crippen LogP) is 2.57. The molecule has 0 fully saturated rings. The first-order valence-corrected chi connectivity index (χ1v) is 7.58. The quantitative estimate of drug-likeness (QED) is 0.845. The highest BCUT2D eigenvalue weighted by Gasteiger charge is 2.13. The first kappa shape index (κ1) is 13.8. The summed E-state index contributed by atoms with van der Waals surface area (Å²) in [5.41, 5.74) is 3.05. The van der Waals surface area contributed by atoms with E-state index in [-0.39, 0.29) is 10.6 Å². The second-order valence-electron chi connectivity index (χ2n) is 5.41. The maximum Gasteiger partial charge on any atom is 0.239 e. The molecule has 4 nitrogen and oxygen atoms in total. The van der Waals surface area contributed by atoms with Crippen molar-refractivity contribution in [3.05, 3.63) is 36.0 Å². The Labute approximate surface area is 115 Å². The van der Waals surface area contributed by atoms with Crippen LogP contribution in [-0.4, -0.2) is 25.6 Å². The average Bonchev–Trinajstić information content (AvgIpc) is 2.38. The number of aromatic nitrogens is 3. The minimum Gasteiger partial charge on any atom is -0.251 e. The Bertz CT molecular complexity index is 586. The maximum atomic E-state index is 11.2. The third-order valence-corrected chi connectivity index (χ3v) is 3.55. The molecule has 0 amide bonds. The summed E-state index contributed by atoms with van der Waals surface area (Å²) in [4.78, 5) is 4.05. The molecule has 1 heterocycles. The minimum absolute atomic E-state index is 0.130. The highest BCUT2D eigenvalue weighted by atomic mass is 32.2. The molecule has 0 N–H and O–H groups in total. The van der Waals surface area contributed by atoms with E-state index in [0.29, 0.717) is 5.69 Å². The lowest BCUT2D eigenvalue weighted by atomic mass is 9.86. The second kappa shape index (κ2) is 5.17. The molecule has 100 valence electrons. The van der Waals surface area contributed by atoms with Crippen molar-refractivity contribution in [2.75, 3.05) is 6.26 Å². The third-order valence-electron chi connectivity index (χ3n) is 2.84. The molecule has 0 aliphatic carbocycles. The van der Waals surface area contributed by atoms with Crippen molar-refractivity contribution < 1.29 is 4.21 Å². The van der Waals surface area contributed by atoms with Gasteiger partial charge >= 0.3 is 0 Å². The van der Waals surface area contributed by atoms with Crippen LogP contribution < -0.4 is 0 Å². The molecule has 1 unspecified atom stereocenters. The third kappa shape index (κ3) is 3.23. The Morgan fingerprint density at radius 1 is 1.05 bits per heavy atom. The van der Waals surface area contributed by atoms with E-state index in [1.807, 2.05) is 12.1 Å². The Balaban J connectivity index is 2.30. The van der Waals surface area contributed by atoms with Crippen molar-refractivity contribution >= 4 is 10.8 Å². The summed E-state index contributed by atoms with van der Waals surface area (Å²) in [6.45, 7) is 6.53. The summed E-state index contributed by atoms with van der Waals surface area (Å²) in [5.74, 6) is 0. The molecular formula is C14H17N3OS. The Hall–Kier alpha value is -1.62. The van der Waals surface area contributed by atoms with Gasteiger partial charge in [0.2, 0.25) is 5.16 Å². The molecule has 0 aliphatic heterocycles. The van der Waals surface area contributed by atoms with Crippen LogP contribution >= 0.6 is 0 Å². The highest BCUT2D eigenvalue weighted by molar-refractivity contribution is 7.84. The van der Waals surface area contributed by atoms with E-state index in [0.717, 1.165) is 5.56 Å². The van der Waals surface area contributed by atoms with Crippen molar-refractivity contribution in [1.82, 2.24) is 15.2 Å². The fraction of sp³-hybridized carbons (Fsp3) is 0.357. The lowest BCUT2D eigenvalue weighted by Crippen LogP contribution is -2.10. The topological polar surface area (TPSA) is 55.7 Å². The van der Waals surface area contributed by atoms with E-state index < -0.39 is 10.8 Å². The van der Waals surface area contributed by atoms with Gasteiger partial charge in [-0.3, -0.25) is 4.21 Å². The number of benzene rings is 1. The van der Waals surface area contributed by atoms with Gasteiger partial charge in [0.15, 0.2) is 0 Å². The molecule has 2 aromatic rings. The van der Waals surface area contributed by atoms with Gasteiger partial charge in [0, 0.05) is 11.8 Å². The average molecular weight is 275 g/mol. The molecule has 0 saturated carbocycles. The minimum atomic E-state index is -1.19. The first-order valence-electron chi connectivity index (χ1n) is 6.02. The molecule has 1 aromatic heterocycles. The fourth-order valence-electron chi connectivity index (χ4n) is 1.67. The first-order chi connectivity index (χ1) is 8.88. The number of hydrogen-bond donors (Lipinski definition) is 0. The van der Waals surface area contributed by atoms with E-state index in [1.54, 1.807) is 6.20 Å². The van der Waals surface area contributed by atoms with Gasteiger partial charge < -0.3 is 0 Å². The van der Waals surface area contributed by atoms with Crippen LogP contribution in [0.4, 0.5) is 0 Å². The largest absolute Gasteiger partial charge is 0.251 e. The van der Waals surface area contributed by atoms with Gasteiger partial charge in [0.05, 0.1) is 17.0 Å². The molecule has 0 aliphatic rings. The molecule has 0 saturated heterocycles. The van der Waals surface area contributed by atoms with Crippen molar-refractivity contribution in [2.24, 2.45) is 0 Å². The van der Waals surface area contributed by atoms with Gasteiger partial charge in [-0.2, -0.15) is 0 Å². The maximum absolute atomic E-state index is 11.2. The van der Waals surface area contributed by atoms with Crippen LogP contribution in [0.2, 0.25) is 0 Å². The van der Waals surface area contributed by atoms with Crippen LogP contribution in [0.15, 0.2) is 35.6 Å². The summed E-state index contributed by atoms with van der Waals surface area (Å²) < 4.78 is 11.2. The van der Waals surface area contributed by atoms with Crippen LogP contribution in [0.5, 0.6) is 0 Å². The number of nitrogens with zero attached hydrogens (tertiary/aromatic N) is 3. The lowest BCUT2D eigenvalue weighted by molar-refractivity contribution is 0.590. The van der Waals surface area contributed by atoms with Crippen LogP contribution in [0, 0.1) is 0 Å². The van der Waals surface area contributed by atoms with Crippen molar-refractivity contribution in [2.45, 2.75) is 31.3 Å². The van der Waals surface area contributed by atoms with Gasteiger partial charge in [-0.15, -0.1) is 10.2 Å². The molecule has 5 heteroatoms. The monoisotopic (exact) mass is 275 g/mol. The van der Waals surface area contributed by atoms with Gasteiger partial charge in [0.25, 0.3) is 0 Å². The molecule has 1 aromatic carbocycles. The van der Waals surface area contributed by atoms with Crippen LogP contribution in [-0.2, 0) is 16.2 Å². The normalized spacial score (nSPS) is 13.3. The Kier molecular flexibility index (Phi) is 3.75. The number of hydrogen-bond acceptors (Lipinski definition) is 4. The van der Waals surface area contributed by atoms with Crippen molar-refractivity contribution in [3.8, 4) is 11.3 Å². The molecule has 0 radical (unpaired) electrons. The van der Waals surface area contributed by atoms with Gasteiger partial charge in [-0.25, -0.2) is 4.98 Å². The summed E-state index contributed by atoms with van der Waals surface area (Å²) in [5, 5.41) is 8.18. The number of rotatable bonds is 2. The molecule has 2 rings (SSSR count). The molecule has 0 bridgehead atoms. The SMILES string of the molecule is CS(=O)c1ncc(-c2ccc(C(C)(C)C)cc2)nn1. The molecule has 19 heavy (non-hydrogen) atoms. The van der Waals surface area contributed by atoms with Crippen molar-refractivity contribution in [3.63, 3.8) is 0 Å². The van der Waals surface area contributed by atoms with Crippen LogP contribution in [0.25, 0.3) is 11.3 Å². The molecular weight excluding hydrogens is 258 g/mol. The zero-order valence-corrected chi connectivity index (χ0v) is 12.4. The van der Waals surface area contributed by atoms with Gasteiger partial charge in [0.1, 0.15) is 5.69 Å². The summed E-state index contributed by atoms with van der Waals surface area (Å²) in [6.07, 6.45) is 3.14. The zero-order chi connectivity index (χ0) is 14.0. The Morgan fingerprint density at radius 2 is 1.68 bits per heavy atom. The smallest absolute Gasteiger partial charge is 0.239 e. The Morgan fingerprint density at radius 3 is 2.11 bits per heavy atom. The van der Waals surface area contributed by atoms with Gasteiger partial charge in [-0.05, 0) is 11.0 Å². The van der Waals surface area contributed by atoms with Crippen molar-refractivity contribution in [1.29, 1.82) is 0 Å². The van der Waals surface area contributed by atoms with Crippen LogP contribution in [0.1, 0.15) is 26.3 Å². The second-order valence-corrected chi connectivity index (χ2v) is 6.68. The fourth-order valence-corrected chi connectivity index (χ4v) is 2.03. The zero-order valence-electron chi connectivity index (χ0n) is 11.5. The standard InChI is InChI=1S/C14H17N3OS/c1-14(2,3)11-7-5-10(6-8-11)12-9-15-13(17-16-12)19(4)18/h5-9H,1-4H3.